The van der Waals surface area contributed by atoms with Crippen LogP contribution in [-0.2, 0) is 9.53 Å². The Balaban J connectivity index is 1.77. The first kappa shape index (κ1) is 24.3. The molecule has 6 nitrogen and oxygen atoms in total. The van der Waals surface area contributed by atoms with Gasteiger partial charge in [-0.05, 0) is 63.7 Å². The van der Waals surface area contributed by atoms with Gasteiger partial charge in [-0.25, -0.2) is 0 Å². The summed E-state index contributed by atoms with van der Waals surface area (Å²) in [5.41, 5.74) is -0.905. The zero-order valence-corrected chi connectivity index (χ0v) is 19.5. The fraction of sp³-hybridized carbons (Fsp3) is 0.407. The average molecular weight is 450 g/mol. The van der Waals surface area contributed by atoms with Crippen molar-refractivity contribution in [3.63, 3.8) is 0 Å². The third-order valence-electron chi connectivity index (χ3n) is 5.50. The normalized spacial score (nSPS) is 18.6. The van der Waals surface area contributed by atoms with Gasteiger partial charge in [0.25, 0.3) is 5.91 Å². The molecule has 0 saturated carbocycles. The lowest BCUT2D eigenvalue weighted by Gasteiger charge is -2.40. The van der Waals surface area contributed by atoms with Crippen molar-refractivity contribution in [3.8, 4) is 11.8 Å². The van der Waals surface area contributed by atoms with E-state index in [1.165, 1.54) is 0 Å². The molecule has 33 heavy (non-hydrogen) atoms. The lowest BCUT2D eigenvalue weighted by Crippen LogP contribution is -2.50. The molecule has 1 amide bonds. The van der Waals surface area contributed by atoms with E-state index in [1.54, 1.807) is 37.8 Å². The summed E-state index contributed by atoms with van der Waals surface area (Å²) < 4.78 is 11.0. The van der Waals surface area contributed by atoms with E-state index in [2.05, 4.69) is 11.8 Å². The monoisotopic (exact) mass is 449 g/mol. The third-order valence-corrected chi connectivity index (χ3v) is 5.50. The second-order valence-electron chi connectivity index (χ2n) is 8.82. The smallest absolute Gasteiger partial charge is 0.314 e. The van der Waals surface area contributed by atoms with Crippen molar-refractivity contribution in [1.82, 2.24) is 4.90 Å². The Kier molecular flexibility index (Phi) is 7.78. The number of carbonyl (C=O) groups is 2. The van der Waals surface area contributed by atoms with Crippen LogP contribution >= 0.6 is 0 Å². The molecule has 6 heteroatoms. The third kappa shape index (κ3) is 6.59. The minimum atomic E-state index is -1.16. The SMILES string of the molecule is CCOC(=O)C1(C/C=C/c2ccccc2)CCCN(C(=O)c2ccc(C#CC(C)(C)O)o2)C1. The van der Waals surface area contributed by atoms with Gasteiger partial charge >= 0.3 is 5.97 Å². The van der Waals surface area contributed by atoms with Crippen LogP contribution in [0.3, 0.4) is 0 Å². The van der Waals surface area contributed by atoms with Crippen molar-refractivity contribution < 1.29 is 23.8 Å². The molecule has 0 spiro atoms. The Hall–Kier alpha value is -3.30. The Bertz CT molecular complexity index is 1050. The van der Waals surface area contributed by atoms with E-state index in [-0.39, 0.29) is 24.2 Å². The summed E-state index contributed by atoms with van der Waals surface area (Å²) in [6.45, 7) is 6.02. The van der Waals surface area contributed by atoms with Crippen LogP contribution in [0.4, 0.5) is 0 Å². The van der Waals surface area contributed by atoms with Gasteiger partial charge in [0.15, 0.2) is 11.5 Å². The van der Waals surface area contributed by atoms with Crippen LogP contribution in [0.1, 0.15) is 61.9 Å². The highest BCUT2D eigenvalue weighted by Gasteiger charge is 2.44. The first-order valence-electron chi connectivity index (χ1n) is 11.3. The maximum Gasteiger partial charge on any atom is 0.314 e. The van der Waals surface area contributed by atoms with Crippen LogP contribution in [0.5, 0.6) is 0 Å². The van der Waals surface area contributed by atoms with Gasteiger partial charge in [0, 0.05) is 13.1 Å². The van der Waals surface area contributed by atoms with E-state index in [0.29, 0.717) is 38.2 Å². The van der Waals surface area contributed by atoms with Gasteiger partial charge in [-0.2, -0.15) is 0 Å². The molecule has 1 unspecified atom stereocenters. The van der Waals surface area contributed by atoms with Crippen molar-refractivity contribution in [2.75, 3.05) is 19.7 Å². The number of benzene rings is 1. The van der Waals surface area contributed by atoms with Crippen LogP contribution in [0.2, 0.25) is 0 Å². The second-order valence-corrected chi connectivity index (χ2v) is 8.82. The lowest BCUT2D eigenvalue weighted by molar-refractivity contribution is -0.158. The number of allylic oxidation sites excluding steroid dienone is 1. The van der Waals surface area contributed by atoms with Gasteiger partial charge in [-0.15, -0.1) is 0 Å². The highest BCUT2D eigenvalue weighted by atomic mass is 16.5. The van der Waals surface area contributed by atoms with Gasteiger partial charge in [0.05, 0.1) is 12.0 Å². The topological polar surface area (TPSA) is 80.0 Å². The quantitative estimate of drug-likeness (QED) is 0.526. The molecule has 1 aromatic carbocycles. The van der Waals surface area contributed by atoms with Crippen molar-refractivity contribution in [1.29, 1.82) is 0 Å². The molecule has 1 N–H and O–H groups in total. The molecule has 174 valence electrons. The summed E-state index contributed by atoms with van der Waals surface area (Å²) in [4.78, 5) is 27.8. The van der Waals surface area contributed by atoms with Crippen molar-refractivity contribution in [2.24, 2.45) is 5.41 Å². The second kappa shape index (κ2) is 10.5. The van der Waals surface area contributed by atoms with Crippen LogP contribution in [0, 0.1) is 17.3 Å². The van der Waals surface area contributed by atoms with E-state index in [1.807, 2.05) is 42.5 Å². The number of likely N-dealkylation sites (tertiary alicyclic amines) is 1. The Morgan fingerprint density at radius 2 is 2.00 bits per heavy atom. The minimum absolute atomic E-state index is 0.162. The average Bonchev–Trinajstić information content (AvgIpc) is 3.27. The molecular weight excluding hydrogens is 418 g/mol. The predicted octanol–water partition coefficient (Wildman–Crippen LogP) is 4.29. The van der Waals surface area contributed by atoms with Gasteiger partial charge < -0.3 is 19.2 Å². The lowest BCUT2D eigenvalue weighted by atomic mass is 9.76. The summed E-state index contributed by atoms with van der Waals surface area (Å²) in [5, 5.41) is 9.76. The van der Waals surface area contributed by atoms with Crippen LogP contribution in [0.15, 0.2) is 53.0 Å². The highest BCUT2D eigenvalue weighted by molar-refractivity contribution is 5.92. The number of ether oxygens (including phenoxy) is 1. The first-order valence-corrected chi connectivity index (χ1v) is 11.3. The standard InChI is InChI=1S/C27H31NO5/c1-4-32-25(30)27(16-8-12-21-10-6-5-7-11-21)17-9-19-28(20-27)24(29)23-14-13-22(33-23)15-18-26(2,3)31/h5-8,10-14,31H,4,9,16-17,19-20H2,1-3H3/b12-8+. The number of furan rings is 1. The molecule has 1 aliphatic rings. The molecule has 1 saturated heterocycles. The summed E-state index contributed by atoms with van der Waals surface area (Å²) >= 11 is 0. The Morgan fingerprint density at radius 3 is 2.70 bits per heavy atom. The maximum atomic E-state index is 13.1. The molecule has 1 fully saturated rings. The molecule has 2 aromatic rings. The number of nitrogens with zero attached hydrogens (tertiary/aromatic N) is 1. The fourth-order valence-corrected chi connectivity index (χ4v) is 3.88. The molecule has 0 bridgehead atoms. The minimum Gasteiger partial charge on any atom is -0.466 e. The van der Waals surface area contributed by atoms with E-state index < -0.39 is 11.0 Å². The number of rotatable bonds is 6. The van der Waals surface area contributed by atoms with Crippen LogP contribution < -0.4 is 0 Å². The van der Waals surface area contributed by atoms with Crippen LogP contribution in [0.25, 0.3) is 6.08 Å². The summed E-state index contributed by atoms with van der Waals surface area (Å²) in [6, 6.07) is 13.1. The maximum absolute atomic E-state index is 13.1. The van der Waals surface area contributed by atoms with E-state index >= 15 is 0 Å². The van der Waals surface area contributed by atoms with Crippen molar-refractivity contribution in [2.45, 2.75) is 45.6 Å². The van der Waals surface area contributed by atoms with E-state index in [0.717, 1.165) is 5.56 Å². The zero-order valence-electron chi connectivity index (χ0n) is 19.5. The first-order chi connectivity index (χ1) is 15.7. The highest BCUT2D eigenvalue weighted by Crippen LogP contribution is 2.36. The molecule has 3 rings (SSSR count). The molecule has 1 aliphatic heterocycles. The van der Waals surface area contributed by atoms with Gasteiger partial charge in [-0.3, -0.25) is 9.59 Å². The molecule has 0 radical (unpaired) electrons. The van der Waals surface area contributed by atoms with Gasteiger partial charge in [0.2, 0.25) is 0 Å². The van der Waals surface area contributed by atoms with Crippen molar-refractivity contribution in [3.05, 3.63) is 65.6 Å². The van der Waals surface area contributed by atoms with Crippen LogP contribution in [-0.4, -0.2) is 47.2 Å². The fourth-order valence-electron chi connectivity index (χ4n) is 3.88. The predicted molar refractivity (Wildman–Crippen MR) is 126 cm³/mol. The number of carbonyl (C=O) groups excluding carboxylic acids is 2. The number of piperidine rings is 1. The van der Waals surface area contributed by atoms with Crippen molar-refractivity contribution >= 4 is 18.0 Å². The number of hydrogen-bond acceptors (Lipinski definition) is 5. The summed E-state index contributed by atoms with van der Waals surface area (Å²) in [7, 11) is 0. The molecule has 1 atom stereocenters. The summed E-state index contributed by atoms with van der Waals surface area (Å²) in [5.74, 6) is 5.30. The zero-order chi connectivity index (χ0) is 23.9. The Labute approximate surface area is 195 Å². The number of aliphatic hydroxyl groups is 1. The Morgan fingerprint density at radius 1 is 1.24 bits per heavy atom. The number of hydrogen-bond donors (Lipinski definition) is 1. The molecule has 2 heterocycles. The summed E-state index contributed by atoms with van der Waals surface area (Å²) in [6.07, 6.45) is 5.79. The molecule has 1 aromatic heterocycles. The van der Waals surface area contributed by atoms with Gasteiger partial charge in [0.1, 0.15) is 5.60 Å². The van der Waals surface area contributed by atoms with E-state index in [9.17, 15) is 14.7 Å². The molecular formula is C27H31NO5. The molecule has 0 aliphatic carbocycles. The number of amides is 1. The van der Waals surface area contributed by atoms with E-state index in [4.69, 9.17) is 9.15 Å². The largest absolute Gasteiger partial charge is 0.466 e. The number of esters is 1. The van der Waals surface area contributed by atoms with Gasteiger partial charge in [-0.1, -0.05) is 48.4 Å².